The molecule has 0 aliphatic carbocycles. The van der Waals surface area contributed by atoms with Crippen molar-refractivity contribution in [3.05, 3.63) is 75.7 Å². The molecule has 43 heavy (non-hydrogen) atoms. The number of benzene rings is 2. The average molecular weight is 660 g/mol. The molecule has 232 valence electrons. The van der Waals surface area contributed by atoms with Crippen LogP contribution in [0.2, 0.25) is 10.0 Å². The Morgan fingerprint density at radius 2 is 1.60 bits per heavy atom. The molecule has 2 aromatic rings. The molecular weight excluding hydrogens is 628 g/mol. The quantitative estimate of drug-likeness (QED) is 0.418. The lowest BCUT2D eigenvalue weighted by Gasteiger charge is -2.51. The van der Waals surface area contributed by atoms with E-state index in [0.717, 1.165) is 35.7 Å². The van der Waals surface area contributed by atoms with Crippen LogP contribution in [0.15, 0.2) is 59.4 Å². The maximum Gasteiger partial charge on any atom is 0.416 e. The summed E-state index contributed by atoms with van der Waals surface area (Å²) in [6, 6.07) is 5.92. The van der Waals surface area contributed by atoms with Crippen LogP contribution in [0.4, 0.5) is 13.2 Å². The molecule has 0 bridgehead atoms. The van der Waals surface area contributed by atoms with E-state index in [2.05, 4.69) is 0 Å². The van der Waals surface area contributed by atoms with Crippen LogP contribution >= 0.6 is 23.2 Å². The van der Waals surface area contributed by atoms with Crippen LogP contribution in [-0.4, -0.2) is 77.0 Å². The molecule has 8 nitrogen and oxygen atoms in total. The van der Waals surface area contributed by atoms with Crippen molar-refractivity contribution in [2.24, 2.45) is 0 Å². The third-order valence-electron chi connectivity index (χ3n) is 8.03. The molecule has 2 unspecified atom stereocenters. The van der Waals surface area contributed by atoms with E-state index in [0.29, 0.717) is 18.7 Å². The van der Waals surface area contributed by atoms with Gasteiger partial charge in [0.1, 0.15) is 22.8 Å². The molecule has 0 saturated carbocycles. The summed E-state index contributed by atoms with van der Waals surface area (Å²) in [5.74, 6) is -0.918. The smallest absolute Gasteiger partial charge is 0.311 e. The molecule has 14 heteroatoms. The Labute approximate surface area is 258 Å². The van der Waals surface area contributed by atoms with E-state index < -0.39 is 51.7 Å². The fraction of sp³-hybridized carbons (Fsp3) is 0.448. The van der Waals surface area contributed by atoms with Crippen molar-refractivity contribution in [3.63, 3.8) is 0 Å². The molecule has 0 spiro atoms. The van der Waals surface area contributed by atoms with Crippen LogP contribution < -0.4 is 0 Å². The monoisotopic (exact) mass is 658 g/mol. The molecular formula is C29H31Cl2F3N4O4S. The third kappa shape index (κ3) is 6.11. The lowest BCUT2D eigenvalue weighted by atomic mass is 9.97. The molecule has 3 aliphatic rings. The van der Waals surface area contributed by atoms with E-state index in [1.807, 2.05) is 4.90 Å². The summed E-state index contributed by atoms with van der Waals surface area (Å²) in [4.78, 5) is 32.4. The molecule has 0 radical (unpaired) electrons. The van der Waals surface area contributed by atoms with Crippen LogP contribution in [0.5, 0.6) is 0 Å². The maximum absolute atomic E-state index is 14.3. The number of sulfonamides is 1. The van der Waals surface area contributed by atoms with Gasteiger partial charge in [0.2, 0.25) is 11.8 Å². The van der Waals surface area contributed by atoms with Crippen molar-refractivity contribution in [2.75, 3.05) is 19.6 Å². The van der Waals surface area contributed by atoms with Crippen LogP contribution in [0.25, 0.3) is 0 Å². The van der Waals surface area contributed by atoms with Gasteiger partial charge in [-0.1, -0.05) is 41.8 Å². The number of piperidine rings is 1. The van der Waals surface area contributed by atoms with E-state index in [4.69, 9.17) is 23.2 Å². The van der Waals surface area contributed by atoms with E-state index in [9.17, 15) is 31.2 Å². The number of hydrogen-bond acceptors (Lipinski definition) is 5. The Bertz CT molecular complexity index is 1540. The van der Waals surface area contributed by atoms with Crippen molar-refractivity contribution in [3.8, 4) is 0 Å². The van der Waals surface area contributed by atoms with Gasteiger partial charge >= 0.3 is 6.18 Å². The first-order valence-electron chi connectivity index (χ1n) is 13.9. The Kier molecular flexibility index (Phi) is 8.78. The normalized spacial score (nSPS) is 22.2. The number of carbonyl (C=O) groups is 2. The predicted octanol–water partition coefficient (Wildman–Crippen LogP) is 5.36. The van der Waals surface area contributed by atoms with Gasteiger partial charge in [-0.25, -0.2) is 12.7 Å². The highest BCUT2D eigenvalue weighted by atomic mass is 35.5. The van der Waals surface area contributed by atoms with Gasteiger partial charge in [0, 0.05) is 23.7 Å². The Balaban J connectivity index is 1.63. The van der Waals surface area contributed by atoms with Gasteiger partial charge in [-0.2, -0.15) is 13.2 Å². The van der Waals surface area contributed by atoms with Gasteiger partial charge in [0.25, 0.3) is 10.0 Å². The Morgan fingerprint density at radius 3 is 2.19 bits per heavy atom. The molecule has 2 fully saturated rings. The van der Waals surface area contributed by atoms with E-state index in [1.165, 1.54) is 46.3 Å². The number of carbonyl (C=O) groups excluding carboxylic acids is 2. The molecule has 0 N–H and O–H groups in total. The molecule has 0 aromatic heterocycles. The number of halogens is 5. The van der Waals surface area contributed by atoms with Gasteiger partial charge in [-0.3, -0.25) is 19.4 Å². The highest BCUT2D eigenvalue weighted by molar-refractivity contribution is 7.89. The topological polar surface area (TPSA) is 81.2 Å². The van der Waals surface area contributed by atoms with Crippen LogP contribution in [-0.2, 0) is 32.2 Å². The average Bonchev–Trinajstić information content (AvgIpc) is 2.94. The standard InChI is InChI=1S/C29H31Cl2F3N4O4S/c1-18(2)36-17-26-37(43(41,42)25-11-10-21(30)15-22(25)31)16-24(35-12-4-3-5-13-35)28(40)38(26)23(27(36)39)14-19-6-8-20(9-7-19)29(32,33)34/h6-11,15,17-18,23-24H,3-5,12-14,16H2,1-2H3. The van der Waals surface area contributed by atoms with E-state index in [-0.39, 0.29) is 33.7 Å². The summed E-state index contributed by atoms with van der Waals surface area (Å²) in [5, 5.41) is 0.149. The lowest BCUT2D eigenvalue weighted by molar-refractivity contribution is -0.153. The van der Waals surface area contributed by atoms with Gasteiger partial charge < -0.3 is 4.90 Å². The zero-order chi connectivity index (χ0) is 31.3. The summed E-state index contributed by atoms with van der Waals surface area (Å²) in [7, 11) is -4.37. The van der Waals surface area contributed by atoms with Gasteiger partial charge in [-0.05, 0) is 75.7 Å². The predicted molar refractivity (Wildman–Crippen MR) is 155 cm³/mol. The molecule has 3 heterocycles. The van der Waals surface area contributed by atoms with Crippen LogP contribution in [0.1, 0.15) is 44.2 Å². The van der Waals surface area contributed by atoms with Gasteiger partial charge in [0.05, 0.1) is 17.1 Å². The maximum atomic E-state index is 14.3. The van der Waals surface area contributed by atoms with Crippen molar-refractivity contribution < 1.29 is 31.2 Å². The highest BCUT2D eigenvalue weighted by Crippen LogP contribution is 2.38. The zero-order valence-electron chi connectivity index (χ0n) is 23.5. The first-order chi connectivity index (χ1) is 20.2. The van der Waals surface area contributed by atoms with Crippen molar-refractivity contribution >= 4 is 45.0 Å². The summed E-state index contributed by atoms with van der Waals surface area (Å²) < 4.78 is 69.3. The summed E-state index contributed by atoms with van der Waals surface area (Å²) in [6.45, 7) is 4.45. The SMILES string of the molecule is CC(C)N1C=C2N(C(=O)C(N3CCCCC3)CN2S(=O)(=O)c2ccc(Cl)cc2Cl)C(Cc2ccc(C(F)(F)F)cc2)C1=O. The molecule has 2 aromatic carbocycles. The number of fused-ring (bicyclic) bond motifs is 1. The minimum atomic E-state index is -4.54. The second-order valence-corrected chi connectivity index (χ2v) is 13.8. The minimum Gasteiger partial charge on any atom is -0.311 e. The fourth-order valence-corrected chi connectivity index (χ4v) is 8.00. The second-order valence-electron chi connectivity index (χ2n) is 11.2. The van der Waals surface area contributed by atoms with Crippen LogP contribution in [0.3, 0.4) is 0 Å². The highest BCUT2D eigenvalue weighted by Gasteiger charge is 2.51. The first-order valence-corrected chi connectivity index (χ1v) is 16.1. The van der Waals surface area contributed by atoms with Crippen molar-refractivity contribution in [2.45, 2.75) is 68.7 Å². The third-order valence-corrected chi connectivity index (χ3v) is 10.5. The van der Waals surface area contributed by atoms with Crippen molar-refractivity contribution in [1.29, 1.82) is 0 Å². The molecule has 2 amide bonds. The number of nitrogens with zero attached hydrogens (tertiary/aromatic N) is 4. The summed E-state index contributed by atoms with van der Waals surface area (Å²) in [5.41, 5.74) is -0.453. The summed E-state index contributed by atoms with van der Waals surface area (Å²) in [6.07, 6.45) is -0.652. The molecule has 3 aliphatic heterocycles. The van der Waals surface area contributed by atoms with Crippen LogP contribution in [0, 0.1) is 0 Å². The minimum absolute atomic E-state index is 0.0190. The summed E-state index contributed by atoms with van der Waals surface area (Å²) >= 11 is 12.4. The van der Waals surface area contributed by atoms with Crippen molar-refractivity contribution in [1.82, 2.24) is 19.0 Å². The van der Waals surface area contributed by atoms with E-state index in [1.54, 1.807) is 13.8 Å². The fourth-order valence-electron chi connectivity index (χ4n) is 5.79. The van der Waals surface area contributed by atoms with E-state index >= 15 is 0 Å². The Morgan fingerprint density at radius 1 is 0.953 bits per heavy atom. The largest absolute Gasteiger partial charge is 0.416 e. The van der Waals surface area contributed by atoms with Gasteiger partial charge in [0.15, 0.2) is 0 Å². The zero-order valence-corrected chi connectivity index (χ0v) is 25.8. The van der Waals surface area contributed by atoms with Gasteiger partial charge in [-0.15, -0.1) is 0 Å². The molecule has 2 saturated heterocycles. The first kappa shape index (κ1) is 31.6. The lowest BCUT2D eigenvalue weighted by Crippen LogP contribution is -2.68. The number of likely N-dealkylation sites (tertiary alicyclic amines) is 1. The number of rotatable bonds is 6. The number of hydrogen-bond donors (Lipinski definition) is 0. The Hall–Kier alpha value is -2.80. The second kappa shape index (κ2) is 11.9. The number of alkyl halides is 3. The molecule has 5 rings (SSSR count). The number of amides is 2. The molecule has 2 atom stereocenters.